The van der Waals surface area contributed by atoms with E-state index in [1.807, 2.05) is 36.1 Å². The van der Waals surface area contributed by atoms with Crippen molar-refractivity contribution >= 4 is 16.9 Å². The Hall–Kier alpha value is -1.92. The lowest BCUT2D eigenvalue weighted by Gasteiger charge is -2.34. The second kappa shape index (κ2) is 7.77. The van der Waals surface area contributed by atoms with Crippen LogP contribution in [0, 0.1) is 0 Å². The van der Waals surface area contributed by atoms with Gasteiger partial charge in [-0.15, -0.1) is 0 Å². The fourth-order valence-corrected chi connectivity index (χ4v) is 2.87. The minimum absolute atomic E-state index is 0.0960. The number of para-hydroxylation sites is 2. The molecule has 0 aliphatic carbocycles. The number of fused-ring (bicyclic) bond motifs is 1. The van der Waals surface area contributed by atoms with Crippen molar-refractivity contribution in [3.05, 3.63) is 30.1 Å². The van der Waals surface area contributed by atoms with Gasteiger partial charge in [0.15, 0.2) is 0 Å². The third kappa shape index (κ3) is 4.13. The summed E-state index contributed by atoms with van der Waals surface area (Å²) >= 11 is 0. The fourth-order valence-electron chi connectivity index (χ4n) is 2.87. The number of H-pyrrole nitrogens is 1. The summed E-state index contributed by atoms with van der Waals surface area (Å²) in [6.07, 6.45) is 1.07. The minimum Gasteiger partial charge on any atom is -0.369 e. The van der Waals surface area contributed by atoms with E-state index in [1.165, 1.54) is 0 Å². The summed E-state index contributed by atoms with van der Waals surface area (Å²) in [5.41, 5.74) is 2.08. The van der Waals surface area contributed by atoms with Gasteiger partial charge in [0.2, 0.25) is 5.91 Å². The summed E-state index contributed by atoms with van der Waals surface area (Å²) in [5, 5.41) is 0. The van der Waals surface area contributed by atoms with E-state index >= 15 is 0 Å². The number of ether oxygens (including phenoxy) is 1. The summed E-state index contributed by atoms with van der Waals surface area (Å²) in [6, 6.07) is 8.07. The highest BCUT2D eigenvalue weighted by Crippen LogP contribution is 2.13. The molecule has 1 atom stereocenters. The Morgan fingerprint density at radius 1 is 1.29 bits per heavy atom. The molecule has 1 N–H and O–H groups in total. The standard InChI is InChI=1S/C18H26N4O2/c1-3-14(2)24-13-18(23)22-10-8-21(9-11-22)12-17-19-15-6-4-5-7-16(15)20-17/h4-7,14H,3,8-13H2,1-2H3,(H,19,20)/t14-/m0/s1. The number of aromatic amines is 1. The zero-order valence-corrected chi connectivity index (χ0v) is 14.5. The molecule has 1 fully saturated rings. The maximum atomic E-state index is 12.2. The molecule has 2 heterocycles. The van der Waals surface area contributed by atoms with Crippen molar-refractivity contribution in [1.29, 1.82) is 0 Å². The van der Waals surface area contributed by atoms with Crippen LogP contribution in [0.15, 0.2) is 24.3 Å². The third-order valence-corrected chi connectivity index (χ3v) is 4.60. The lowest BCUT2D eigenvalue weighted by Crippen LogP contribution is -2.49. The highest BCUT2D eigenvalue weighted by Gasteiger charge is 2.22. The van der Waals surface area contributed by atoms with Gasteiger partial charge in [-0.1, -0.05) is 19.1 Å². The van der Waals surface area contributed by atoms with E-state index in [0.717, 1.165) is 56.0 Å². The number of piperazine rings is 1. The predicted molar refractivity (Wildman–Crippen MR) is 93.7 cm³/mol. The van der Waals surface area contributed by atoms with Crippen LogP contribution in [0.1, 0.15) is 26.1 Å². The predicted octanol–water partition coefficient (Wildman–Crippen LogP) is 2.02. The monoisotopic (exact) mass is 330 g/mol. The van der Waals surface area contributed by atoms with E-state index in [-0.39, 0.29) is 18.6 Å². The molecule has 1 aliphatic heterocycles. The molecule has 0 unspecified atom stereocenters. The molecule has 1 aromatic heterocycles. The van der Waals surface area contributed by atoms with Gasteiger partial charge in [-0.3, -0.25) is 9.69 Å². The topological polar surface area (TPSA) is 61.5 Å². The molecule has 130 valence electrons. The minimum atomic E-state index is 0.0960. The van der Waals surface area contributed by atoms with Gasteiger partial charge in [0, 0.05) is 26.2 Å². The van der Waals surface area contributed by atoms with Crippen LogP contribution < -0.4 is 0 Å². The number of nitrogens with one attached hydrogen (secondary N) is 1. The summed E-state index contributed by atoms with van der Waals surface area (Å²) in [6.45, 7) is 8.29. The van der Waals surface area contributed by atoms with Crippen LogP contribution in [0.3, 0.4) is 0 Å². The maximum Gasteiger partial charge on any atom is 0.248 e. The number of benzene rings is 1. The first-order valence-electron chi connectivity index (χ1n) is 8.71. The molecule has 24 heavy (non-hydrogen) atoms. The number of carbonyl (C=O) groups excluding carboxylic acids is 1. The van der Waals surface area contributed by atoms with Gasteiger partial charge in [-0.25, -0.2) is 4.98 Å². The summed E-state index contributed by atoms with van der Waals surface area (Å²) in [4.78, 5) is 24.4. The number of nitrogens with zero attached hydrogens (tertiary/aromatic N) is 3. The molecular formula is C18H26N4O2. The average Bonchev–Trinajstić information content (AvgIpc) is 3.02. The van der Waals surface area contributed by atoms with Gasteiger partial charge >= 0.3 is 0 Å². The van der Waals surface area contributed by atoms with Crippen LogP contribution in [0.2, 0.25) is 0 Å². The van der Waals surface area contributed by atoms with Crippen LogP contribution in [0.4, 0.5) is 0 Å². The number of hydrogen-bond acceptors (Lipinski definition) is 4. The van der Waals surface area contributed by atoms with E-state index in [9.17, 15) is 4.79 Å². The SMILES string of the molecule is CC[C@H](C)OCC(=O)N1CCN(Cc2nc3ccccc3[nH]2)CC1. The van der Waals surface area contributed by atoms with Crippen LogP contribution in [0.5, 0.6) is 0 Å². The first-order chi connectivity index (χ1) is 11.7. The first kappa shape index (κ1) is 16.9. The number of imidazole rings is 1. The third-order valence-electron chi connectivity index (χ3n) is 4.60. The normalized spacial score (nSPS) is 17.3. The lowest BCUT2D eigenvalue weighted by molar-refractivity contribution is -0.139. The van der Waals surface area contributed by atoms with E-state index < -0.39 is 0 Å². The molecule has 1 aromatic carbocycles. The number of amides is 1. The molecule has 6 nitrogen and oxygen atoms in total. The second-order valence-electron chi connectivity index (χ2n) is 6.39. The van der Waals surface area contributed by atoms with Crippen LogP contribution in [-0.2, 0) is 16.1 Å². The molecule has 0 bridgehead atoms. The van der Waals surface area contributed by atoms with Crippen molar-refractivity contribution in [2.45, 2.75) is 32.9 Å². The fraction of sp³-hybridized carbons (Fsp3) is 0.556. The number of rotatable bonds is 6. The molecule has 1 amide bonds. The van der Waals surface area contributed by atoms with Gasteiger partial charge in [0.05, 0.1) is 23.7 Å². The molecular weight excluding hydrogens is 304 g/mol. The first-order valence-corrected chi connectivity index (χ1v) is 8.71. The van der Waals surface area contributed by atoms with E-state index in [0.29, 0.717) is 0 Å². The second-order valence-corrected chi connectivity index (χ2v) is 6.39. The van der Waals surface area contributed by atoms with Gasteiger partial charge in [-0.2, -0.15) is 0 Å². The lowest BCUT2D eigenvalue weighted by atomic mass is 10.3. The molecule has 6 heteroatoms. The largest absolute Gasteiger partial charge is 0.369 e. The van der Waals surface area contributed by atoms with Gasteiger partial charge in [0.25, 0.3) is 0 Å². The Kier molecular flexibility index (Phi) is 5.48. The van der Waals surface area contributed by atoms with Gasteiger partial charge in [-0.05, 0) is 25.5 Å². The van der Waals surface area contributed by atoms with Crippen molar-refractivity contribution in [2.75, 3.05) is 32.8 Å². The highest BCUT2D eigenvalue weighted by molar-refractivity contribution is 5.77. The Balaban J connectivity index is 1.47. The van der Waals surface area contributed by atoms with Crippen molar-refractivity contribution in [2.24, 2.45) is 0 Å². The van der Waals surface area contributed by atoms with Gasteiger partial charge in [0.1, 0.15) is 12.4 Å². The molecule has 0 radical (unpaired) electrons. The summed E-state index contributed by atoms with van der Waals surface area (Å²) < 4.78 is 5.54. The molecule has 3 rings (SSSR count). The quantitative estimate of drug-likeness (QED) is 0.880. The zero-order chi connectivity index (χ0) is 16.9. The Labute approximate surface area is 142 Å². The smallest absolute Gasteiger partial charge is 0.248 e. The van der Waals surface area contributed by atoms with E-state index in [1.54, 1.807) is 0 Å². The molecule has 2 aromatic rings. The van der Waals surface area contributed by atoms with Crippen LogP contribution in [0.25, 0.3) is 11.0 Å². The van der Waals surface area contributed by atoms with E-state index in [4.69, 9.17) is 4.74 Å². The Bertz CT molecular complexity index is 643. The number of carbonyl (C=O) groups is 1. The van der Waals surface area contributed by atoms with Crippen molar-refractivity contribution in [3.63, 3.8) is 0 Å². The molecule has 0 saturated carbocycles. The highest BCUT2D eigenvalue weighted by atomic mass is 16.5. The molecule has 1 saturated heterocycles. The maximum absolute atomic E-state index is 12.2. The van der Waals surface area contributed by atoms with Gasteiger partial charge < -0.3 is 14.6 Å². The summed E-state index contributed by atoms with van der Waals surface area (Å²) in [5.74, 6) is 1.08. The zero-order valence-electron chi connectivity index (χ0n) is 14.5. The number of aromatic nitrogens is 2. The van der Waals surface area contributed by atoms with Crippen molar-refractivity contribution in [3.8, 4) is 0 Å². The molecule has 1 aliphatic rings. The van der Waals surface area contributed by atoms with E-state index in [2.05, 4.69) is 21.8 Å². The van der Waals surface area contributed by atoms with Crippen molar-refractivity contribution < 1.29 is 9.53 Å². The Morgan fingerprint density at radius 3 is 2.75 bits per heavy atom. The van der Waals surface area contributed by atoms with Crippen molar-refractivity contribution in [1.82, 2.24) is 19.8 Å². The number of hydrogen-bond donors (Lipinski definition) is 1. The average molecular weight is 330 g/mol. The van der Waals surface area contributed by atoms with Crippen LogP contribution >= 0.6 is 0 Å². The summed E-state index contributed by atoms with van der Waals surface area (Å²) in [7, 11) is 0. The molecule has 0 spiro atoms. The van der Waals surface area contributed by atoms with Crippen LogP contribution in [-0.4, -0.2) is 64.6 Å². The Morgan fingerprint density at radius 2 is 2.04 bits per heavy atom.